The number of fused-ring (bicyclic) bond motifs is 1. The van der Waals surface area contributed by atoms with Gasteiger partial charge >= 0.3 is 0 Å². The van der Waals surface area contributed by atoms with Crippen molar-refractivity contribution in [3.05, 3.63) is 71.3 Å². The van der Waals surface area contributed by atoms with Crippen molar-refractivity contribution in [2.75, 3.05) is 5.73 Å². The van der Waals surface area contributed by atoms with Crippen molar-refractivity contribution in [1.29, 1.82) is 0 Å². The number of benzene rings is 3. The minimum Gasteiger partial charge on any atom is -0.505 e. The Morgan fingerprint density at radius 2 is 1.70 bits per heavy atom. The topological polar surface area (TPSA) is 46.2 Å². The average Bonchev–Trinajstić information content (AvgIpc) is 2.46. The highest BCUT2D eigenvalue weighted by Crippen LogP contribution is 2.34. The van der Waals surface area contributed by atoms with E-state index in [-0.39, 0.29) is 5.75 Å². The van der Waals surface area contributed by atoms with Gasteiger partial charge < -0.3 is 10.8 Å². The molecule has 0 radical (unpaired) electrons. The number of nitrogen functional groups attached to an aromatic ring is 1. The lowest BCUT2D eigenvalue weighted by molar-refractivity contribution is 0.484. The Balaban J connectivity index is 2.05. The van der Waals surface area contributed by atoms with Gasteiger partial charge in [-0.1, -0.05) is 48.5 Å². The molecule has 100 valence electrons. The Morgan fingerprint density at radius 3 is 2.45 bits per heavy atom. The van der Waals surface area contributed by atoms with E-state index in [4.69, 9.17) is 5.73 Å². The molecule has 0 heterocycles. The zero-order valence-electron chi connectivity index (χ0n) is 11.4. The van der Waals surface area contributed by atoms with E-state index in [1.54, 1.807) is 0 Å². The molecule has 0 saturated heterocycles. The van der Waals surface area contributed by atoms with Crippen LogP contribution in [0.4, 0.5) is 5.69 Å². The van der Waals surface area contributed by atoms with E-state index < -0.39 is 0 Å². The average molecular weight is 263 g/mol. The van der Waals surface area contributed by atoms with Crippen molar-refractivity contribution < 1.29 is 5.11 Å². The third-order valence-corrected chi connectivity index (χ3v) is 3.67. The number of rotatable bonds is 2. The van der Waals surface area contributed by atoms with E-state index in [9.17, 15) is 5.11 Å². The molecule has 3 aromatic carbocycles. The number of anilines is 1. The normalized spacial score (nSPS) is 10.8. The maximum atomic E-state index is 10.1. The summed E-state index contributed by atoms with van der Waals surface area (Å²) in [5, 5.41) is 11.9. The first-order valence-electron chi connectivity index (χ1n) is 6.70. The van der Waals surface area contributed by atoms with E-state index >= 15 is 0 Å². The quantitative estimate of drug-likeness (QED) is 0.541. The van der Waals surface area contributed by atoms with Crippen molar-refractivity contribution in [2.24, 2.45) is 0 Å². The number of aryl methyl sites for hydroxylation is 1. The van der Waals surface area contributed by atoms with Crippen molar-refractivity contribution >= 4 is 16.5 Å². The first-order chi connectivity index (χ1) is 9.65. The Morgan fingerprint density at radius 1 is 0.950 bits per heavy atom. The fraction of sp³-hybridized carbons (Fsp3) is 0.111. The van der Waals surface area contributed by atoms with Gasteiger partial charge in [0.2, 0.25) is 0 Å². The maximum absolute atomic E-state index is 10.1. The van der Waals surface area contributed by atoms with Crippen LogP contribution in [0.5, 0.6) is 5.75 Å². The lowest BCUT2D eigenvalue weighted by Crippen LogP contribution is -1.93. The summed E-state index contributed by atoms with van der Waals surface area (Å²) in [6, 6.07) is 18.5. The van der Waals surface area contributed by atoms with E-state index in [1.807, 2.05) is 43.3 Å². The molecule has 2 nitrogen and oxygen atoms in total. The summed E-state index contributed by atoms with van der Waals surface area (Å²) >= 11 is 0. The Bertz CT molecular complexity index is 763. The summed E-state index contributed by atoms with van der Waals surface area (Å²) in [7, 11) is 0. The molecule has 0 bridgehead atoms. The maximum Gasteiger partial charge on any atom is 0.146 e. The predicted molar refractivity (Wildman–Crippen MR) is 84.0 cm³/mol. The smallest absolute Gasteiger partial charge is 0.146 e. The van der Waals surface area contributed by atoms with Crippen LogP contribution in [0.3, 0.4) is 0 Å². The summed E-state index contributed by atoms with van der Waals surface area (Å²) < 4.78 is 0. The van der Waals surface area contributed by atoms with Gasteiger partial charge in [-0.25, -0.2) is 0 Å². The molecule has 3 aromatic rings. The van der Waals surface area contributed by atoms with Gasteiger partial charge in [0, 0.05) is 5.39 Å². The van der Waals surface area contributed by atoms with E-state index in [0.29, 0.717) is 5.69 Å². The number of phenolic OH excluding ortho intramolecular Hbond substituents is 1. The second-order valence-electron chi connectivity index (χ2n) is 5.17. The minimum atomic E-state index is 0.186. The molecule has 0 spiro atoms. The van der Waals surface area contributed by atoms with Gasteiger partial charge in [0.05, 0.1) is 5.69 Å². The molecule has 0 amide bonds. The van der Waals surface area contributed by atoms with Gasteiger partial charge in [0.1, 0.15) is 5.75 Å². The Hall–Kier alpha value is -2.48. The van der Waals surface area contributed by atoms with Crippen LogP contribution in [0.1, 0.15) is 16.7 Å². The van der Waals surface area contributed by atoms with E-state index in [0.717, 1.165) is 22.8 Å². The van der Waals surface area contributed by atoms with Crippen LogP contribution < -0.4 is 5.73 Å². The third kappa shape index (κ3) is 2.21. The summed E-state index contributed by atoms with van der Waals surface area (Å²) in [5.74, 6) is 0.186. The summed E-state index contributed by atoms with van der Waals surface area (Å²) in [4.78, 5) is 0. The Kier molecular flexibility index (Phi) is 3.07. The SMILES string of the molecule is Cc1cc2cc(Cc3ccccc3)ccc2c(O)c1N. The monoisotopic (exact) mass is 263 g/mol. The third-order valence-electron chi connectivity index (χ3n) is 3.67. The van der Waals surface area contributed by atoms with Crippen LogP contribution in [-0.4, -0.2) is 5.11 Å². The fourth-order valence-corrected chi connectivity index (χ4v) is 2.53. The summed E-state index contributed by atoms with van der Waals surface area (Å²) in [5.41, 5.74) is 9.74. The highest BCUT2D eigenvalue weighted by atomic mass is 16.3. The number of hydrogen-bond acceptors (Lipinski definition) is 2. The number of phenols is 1. The molecule has 0 aliphatic heterocycles. The van der Waals surface area contributed by atoms with Crippen LogP contribution in [-0.2, 0) is 6.42 Å². The molecule has 0 aliphatic carbocycles. The van der Waals surface area contributed by atoms with Gasteiger partial charge in [-0.2, -0.15) is 0 Å². The highest BCUT2D eigenvalue weighted by Gasteiger charge is 2.08. The van der Waals surface area contributed by atoms with E-state index in [2.05, 4.69) is 18.2 Å². The molecule has 0 aliphatic rings. The van der Waals surface area contributed by atoms with E-state index in [1.165, 1.54) is 11.1 Å². The van der Waals surface area contributed by atoms with Gasteiger partial charge in [0.15, 0.2) is 0 Å². The second-order valence-corrected chi connectivity index (χ2v) is 5.17. The van der Waals surface area contributed by atoms with Crippen LogP contribution in [0.2, 0.25) is 0 Å². The molecule has 0 unspecified atom stereocenters. The minimum absolute atomic E-state index is 0.186. The van der Waals surface area contributed by atoms with Crippen molar-refractivity contribution in [3.8, 4) is 5.75 Å². The van der Waals surface area contributed by atoms with Crippen LogP contribution in [0.25, 0.3) is 10.8 Å². The molecule has 20 heavy (non-hydrogen) atoms. The van der Waals surface area contributed by atoms with Gasteiger partial charge in [-0.3, -0.25) is 0 Å². The molecule has 0 fully saturated rings. The molecule has 0 atom stereocenters. The van der Waals surface area contributed by atoms with Crippen LogP contribution in [0, 0.1) is 6.92 Å². The molecule has 0 saturated carbocycles. The molecule has 3 N–H and O–H groups in total. The van der Waals surface area contributed by atoms with Crippen LogP contribution in [0.15, 0.2) is 54.6 Å². The number of aromatic hydroxyl groups is 1. The molecule has 0 aromatic heterocycles. The first kappa shape index (κ1) is 12.5. The van der Waals surface area contributed by atoms with Gasteiger partial charge in [0.25, 0.3) is 0 Å². The fourth-order valence-electron chi connectivity index (χ4n) is 2.53. The highest BCUT2D eigenvalue weighted by molar-refractivity contribution is 5.94. The van der Waals surface area contributed by atoms with Crippen molar-refractivity contribution in [1.82, 2.24) is 0 Å². The molecular formula is C18H17NO. The van der Waals surface area contributed by atoms with Crippen molar-refractivity contribution in [3.63, 3.8) is 0 Å². The summed E-state index contributed by atoms with van der Waals surface area (Å²) in [6.45, 7) is 1.92. The van der Waals surface area contributed by atoms with Gasteiger partial charge in [-0.15, -0.1) is 0 Å². The largest absolute Gasteiger partial charge is 0.505 e. The van der Waals surface area contributed by atoms with Crippen LogP contribution >= 0.6 is 0 Å². The zero-order chi connectivity index (χ0) is 14.1. The number of nitrogens with two attached hydrogens (primary N) is 1. The first-order valence-corrected chi connectivity index (χ1v) is 6.70. The number of hydrogen-bond donors (Lipinski definition) is 2. The van der Waals surface area contributed by atoms with Crippen molar-refractivity contribution in [2.45, 2.75) is 13.3 Å². The molecule has 3 rings (SSSR count). The molecule has 2 heteroatoms. The van der Waals surface area contributed by atoms with Gasteiger partial charge in [-0.05, 0) is 41.5 Å². The Labute approximate surface area is 118 Å². The second kappa shape index (κ2) is 4.89. The standard InChI is InChI=1S/C18H17NO/c1-12-9-15-11-14(10-13-5-3-2-4-6-13)7-8-16(15)18(20)17(12)19/h2-9,11,20H,10,19H2,1H3. The lowest BCUT2D eigenvalue weighted by Gasteiger charge is -2.09. The zero-order valence-corrected chi connectivity index (χ0v) is 11.4. The predicted octanol–water partition coefficient (Wildman–Crippen LogP) is 4.03. The summed E-state index contributed by atoms with van der Waals surface area (Å²) in [6.07, 6.45) is 0.890. The lowest BCUT2D eigenvalue weighted by atomic mass is 9.99. The molecular weight excluding hydrogens is 246 g/mol.